The Morgan fingerprint density at radius 2 is 2.15 bits per heavy atom. The Bertz CT molecular complexity index is 1380. The van der Waals surface area contributed by atoms with E-state index in [2.05, 4.69) is 35.9 Å². The number of benzene rings is 1. The molecule has 1 aromatic carbocycles. The summed E-state index contributed by atoms with van der Waals surface area (Å²) in [6, 6.07) is 5.47. The average molecular weight is 470 g/mol. The van der Waals surface area contributed by atoms with Gasteiger partial charge in [0.1, 0.15) is 17.7 Å². The highest BCUT2D eigenvalue weighted by atomic mass is 19.3. The van der Waals surface area contributed by atoms with Crippen molar-refractivity contribution in [3.8, 4) is 17.0 Å². The van der Waals surface area contributed by atoms with Crippen molar-refractivity contribution >= 4 is 33.9 Å². The second-order valence-electron chi connectivity index (χ2n) is 8.84. The zero-order valence-electron chi connectivity index (χ0n) is 18.9. The number of aromatic nitrogens is 6. The van der Waals surface area contributed by atoms with E-state index in [1.807, 2.05) is 13.0 Å². The highest BCUT2D eigenvalue weighted by Gasteiger charge is 2.41. The number of nitrogens with zero attached hydrogens (tertiary/aromatic N) is 5. The largest absolute Gasteiger partial charge is 0.480 e. The van der Waals surface area contributed by atoms with Gasteiger partial charge in [-0.2, -0.15) is 9.97 Å². The lowest BCUT2D eigenvalue weighted by molar-refractivity contribution is -0.121. The number of fused-ring (bicyclic) bond motifs is 2. The van der Waals surface area contributed by atoms with E-state index < -0.39 is 13.0 Å². The van der Waals surface area contributed by atoms with Crippen molar-refractivity contribution < 1.29 is 18.3 Å². The molecule has 0 spiro atoms. The molecule has 3 N–H and O–H groups in total. The van der Waals surface area contributed by atoms with Crippen molar-refractivity contribution in [3.63, 3.8) is 0 Å². The van der Waals surface area contributed by atoms with E-state index in [-0.39, 0.29) is 17.5 Å². The highest BCUT2D eigenvalue weighted by Crippen LogP contribution is 2.37. The Labute approximate surface area is 193 Å². The lowest BCUT2D eigenvalue weighted by Crippen LogP contribution is -2.59. The number of carbonyl (C=O) groups is 1. The molecule has 0 bridgehead atoms. The molecule has 5 rings (SSSR count). The van der Waals surface area contributed by atoms with Gasteiger partial charge in [0.05, 0.1) is 18.0 Å². The number of aromatic amines is 1. The van der Waals surface area contributed by atoms with Gasteiger partial charge in [-0.1, -0.05) is 11.3 Å². The van der Waals surface area contributed by atoms with E-state index in [0.29, 0.717) is 33.9 Å². The molecule has 0 radical (unpaired) electrons. The number of alkyl halides is 2. The van der Waals surface area contributed by atoms with Crippen LogP contribution in [-0.2, 0) is 11.3 Å². The van der Waals surface area contributed by atoms with Crippen molar-refractivity contribution in [1.82, 2.24) is 35.3 Å². The summed E-state index contributed by atoms with van der Waals surface area (Å²) in [4.78, 5) is 23.7. The molecule has 1 fully saturated rings. The molecular weight excluding hydrogens is 446 g/mol. The molecule has 178 valence electrons. The minimum atomic E-state index is -2.53. The third-order valence-corrected chi connectivity index (χ3v) is 6.03. The van der Waals surface area contributed by atoms with E-state index in [4.69, 9.17) is 4.74 Å². The maximum absolute atomic E-state index is 12.9. The van der Waals surface area contributed by atoms with Gasteiger partial charge in [-0.15, -0.1) is 5.10 Å². The number of amides is 1. The quantitative estimate of drug-likeness (QED) is 0.379. The fraction of sp³-hybridized carbons (Fsp3) is 0.409. The first-order valence-corrected chi connectivity index (χ1v) is 10.8. The monoisotopic (exact) mass is 470 g/mol. The van der Waals surface area contributed by atoms with E-state index in [1.165, 1.54) is 18.7 Å². The van der Waals surface area contributed by atoms with Gasteiger partial charge < -0.3 is 20.4 Å². The number of rotatable bonds is 7. The van der Waals surface area contributed by atoms with Crippen LogP contribution in [0.3, 0.4) is 0 Å². The van der Waals surface area contributed by atoms with E-state index in [0.717, 1.165) is 24.0 Å². The van der Waals surface area contributed by atoms with E-state index in [9.17, 15) is 13.6 Å². The van der Waals surface area contributed by atoms with Crippen LogP contribution in [0.5, 0.6) is 5.88 Å². The highest BCUT2D eigenvalue weighted by molar-refractivity contribution is 5.99. The summed E-state index contributed by atoms with van der Waals surface area (Å²) in [5, 5.41) is 14.7. The zero-order chi connectivity index (χ0) is 24.0. The number of H-pyrrole nitrogens is 1. The molecule has 12 heteroatoms. The molecule has 10 nitrogen and oxygen atoms in total. The smallest absolute Gasteiger partial charge is 0.258 e. The van der Waals surface area contributed by atoms with Gasteiger partial charge in [0.15, 0.2) is 0 Å². The molecule has 1 aliphatic carbocycles. The van der Waals surface area contributed by atoms with Gasteiger partial charge in [0.25, 0.3) is 6.43 Å². The van der Waals surface area contributed by atoms with Gasteiger partial charge in [0.2, 0.25) is 17.7 Å². The Morgan fingerprint density at radius 3 is 2.85 bits per heavy atom. The number of halogens is 2. The molecule has 1 amide bonds. The normalized spacial score (nSPS) is 20.0. The SMILES string of the molecule is COc1nc(NC2CC(C)(NC(C)=O)C2)nc2[nH]cc(-c3ccc4nnn(CC(F)F)c4c3)c12. The molecular formula is C22H24F2N8O2. The van der Waals surface area contributed by atoms with Gasteiger partial charge >= 0.3 is 0 Å². The molecule has 34 heavy (non-hydrogen) atoms. The topological polar surface area (TPSA) is 123 Å². The summed E-state index contributed by atoms with van der Waals surface area (Å²) in [5.41, 5.74) is 2.92. The van der Waals surface area contributed by atoms with Crippen LogP contribution in [0.25, 0.3) is 33.2 Å². The lowest BCUT2D eigenvalue weighted by atomic mass is 9.74. The van der Waals surface area contributed by atoms with Crippen molar-refractivity contribution in [1.29, 1.82) is 0 Å². The number of carbonyl (C=O) groups excluding carboxylic acids is 1. The maximum Gasteiger partial charge on any atom is 0.258 e. The van der Waals surface area contributed by atoms with Crippen LogP contribution in [0.15, 0.2) is 24.4 Å². The number of anilines is 1. The first-order valence-electron chi connectivity index (χ1n) is 10.8. The standard InChI is InChI=1S/C22H24F2N8O2/c1-11(33)29-22(2)7-13(8-22)26-21-27-19-18(20(28-21)34-3)14(9-25-19)12-4-5-15-16(6-12)32(31-30-15)10-17(23)24/h4-6,9,13,17H,7-8,10H2,1-3H3,(H,29,33)(H2,25,26,27,28). The first-order chi connectivity index (χ1) is 16.2. The number of methoxy groups -OCH3 is 1. The summed E-state index contributed by atoms with van der Waals surface area (Å²) in [7, 11) is 1.53. The molecule has 3 aromatic heterocycles. The molecule has 4 aromatic rings. The number of ether oxygens (including phenoxy) is 1. The summed E-state index contributed by atoms with van der Waals surface area (Å²) < 4.78 is 32.6. The van der Waals surface area contributed by atoms with Crippen molar-refractivity contribution in [2.24, 2.45) is 0 Å². The van der Waals surface area contributed by atoms with Gasteiger partial charge in [-0.3, -0.25) is 4.79 Å². The molecule has 0 aliphatic heterocycles. The van der Waals surface area contributed by atoms with Crippen molar-refractivity contribution in [3.05, 3.63) is 24.4 Å². The molecule has 1 saturated carbocycles. The second kappa shape index (κ2) is 8.19. The fourth-order valence-electron chi connectivity index (χ4n) is 4.68. The van der Waals surface area contributed by atoms with Gasteiger partial charge in [-0.25, -0.2) is 13.5 Å². The Morgan fingerprint density at radius 1 is 1.35 bits per heavy atom. The molecule has 0 saturated heterocycles. The zero-order valence-corrected chi connectivity index (χ0v) is 18.9. The minimum absolute atomic E-state index is 0.0505. The molecule has 0 atom stereocenters. The maximum atomic E-state index is 12.9. The third-order valence-electron chi connectivity index (χ3n) is 6.03. The minimum Gasteiger partial charge on any atom is -0.480 e. The summed E-state index contributed by atoms with van der Waals surface area (Å²) in [6.07, 6.45) is 0.762. The second-order valence-corrected chi connectivity index (χ2v) is 8.84. The summed E-state index contributed by atoms with van der Waals surface area (Å²) >= 11 is 0. The van der Waals surface area contributed by atoms with Crippen molar-refractivity contribution in [2.45, 2.75) is 51.2 Å². The van der Waals surface area contributed by atoms with Crippen LogP contribution < -0.4 is 15.4 Å². The predicted octanol–water partition coefficient (Wildman–Crippen LogP) is 3.11. The van der Waals surface area contributed by atoms with Crippen LogP contribution in [0.1, 0.15) is 26.7 Å². The van der Waals surface area contributed by atoms with Crippen LogP contribution >= 0.6 is 0 Å². The first kappa shape index (κ1) is 22.0. The van der Waals surface area contributed by atoms with Crippen LogP contribution in [-0.4, -0.2) is 61.0 Å². The summed E-state index contributed by atoms with van der Waals surface area (Å²) in [6.45, 7) is 2.99. The van der Waals surface area contributed by atoms with Crippen LogP contribution in [0.2, 0.25) is 0 Å². The molecule has 3 heterocycles. The van der Waals surface area contributed by atoms with Crippen molar-refractivity contribution in [2.75, 3.05) is 12.4 Å². The van der Waals surface area contributed by atoms with Gasteiger partial charge in [0, 0.05) is 30.3 Å². The number of hydrogen-bond donors (Lipinski definition) is 3. The molecule has 1 aliphatic rings. The average Bonchev–Trinajstić information content (AvgIpc) is 3.35. The Hall–Kier alpha value is -3.83. The Balaban J connectivity index is 1.45. The molecule has 0 unspecified atom stereocenters. The Kier molecular flexibility index (Phi) is 5.29. The summed E-state index contributed by atoms with van der Waals surface area (Å²) in [5.74, 6) is 0.750. The van der Waals surface area contributed by atoms with E-state index >= 15 is 0 Å². The lowest BCUT2D eigenvalue weighted by Gasteiger charge is -2.45. The number of nitrogens with one attached hydrogen (secondary N) is 3. The fourth-order valence-corrected chi connectivity index (χ4v) is 4.68. The third kappa shape index (κ3) is 3.99. The van der Waals surface area contributed by atoms with Crippen LogP contribution in [0, 0.1) is 0 Å². The van der Waals surface area contributed by atoms with Crippen LogP contribution in [0.4, 0.5) is 14.7 Å². The predicted molar refractivity (Wildman–Crippen MR) is 122 cm³/mol. The van der Waals surface area contributed by atoms with E-state index in [1.54, 1.807) is 18.3 Å². The van der Waals surface area contributed by atoms with Gasteiger partial charge in [-0.05, 0) is 37.5 Å². The number of hydrogen-bond acceptors (Lipinski definition) is 7.